The molecule has 0 aliphatic heterocycles. The van der Waals surface area contributed by atoms with Gasteiger partial charge >= 0.3 is 5.97 Å². The van der Waals surface area contributed by atoms with Crippen LogP contribution in [-0.2, 0) is 9.53 Å². The molecule has 2 heteroatoms. The largest absolute Gasteiger partial charge is 0.458 e. The molecule has 0 spiro atoms. The van der Waals surface area contributed by atoms with Crippen molar-refractivity contribution in [2.24, 2.45) is 5.41 Å². The summed E-state index contributed by atoms with van der Waals surface area (Å²) in [5.41, 5.74) is 2.70. The van der Waals surface area contributed by atoms with Crippen molar-refractivity contribution >= 4 is 5.97 Å². The maximum absolute atomic E-state index is 11.2. The second-order valence-corrected chi connectivity index (χ2v) is 6.21. The Labute approximate surface area is 117 Å². The third kappa shape index (κ3) is 6.42. The molecule has 0 saturated heterocycles. The minimum Gasteiger partial charge on any atom is -0.458 e. The van der Waals surface area contributed by atoms with Gasteiger partial charge in [0.2, 0.25) is 0 Å². The fourth-order valence-electron chi connectivity index (χ4n) is 2.20. The van der Waals surface area contributed by atoms with Crippen molar-refractivity contribution in [2.45, 2.75) is 60.0 Å². The first-order chi connectivity index (χ1) is 8.78. The van der Waals surface area contributed by atoms with E-state index in [0.717, 1.165) is 19.3 Å². The average Bonchev–Trinajstić information content (AvgIpc) is 2.26. The first kappa shape index (κ1) is 15.7. The van der Waals surface area contributed by atoms with E-state index in [1.165, 1.54) is 18.1 Å². The SMILES string of the molecule is CC(=O)O[C@H]1/C=C(/C)C/C=C\C(C)(C)C/C=C(/C)C1. The number of carbonyl (C=O) groups is 1. The smallest absolute Gasteiger partial charge is 0.303 e. The van der Waals surface area contributed by atoms with Crippen molar-refractivity contribution in [2.75, 3.05) is 0 Å². The molecule has 19 heavy (non-hydrogen) atoms. The summed E-state index contributed by atoms with van der Waals surface area (Å²) in [6.45, 7) is 10.2. The molecule has 0 N–H and O–H groups in total. The summed E-state index contributed by atoms with van der Waals surface area (Å²) in [5.74, 6) is -0.215. The Balaban J connectivity index is 2.95. The number of hydrogen-bond donors (Lipinski definition) is 0. The lowest BCUT2D eigenvalue weighted by Crippen LogP contribution is -2.15. The van der Waals surface area contributed by atoms with Crippen molar-refractivity contribution in [1.82, 2.24) is 0 Å². The van der Waals surface area contributed by atoms with Crippen molar-refractivity contribution in [3.05, 3.63) is 35.5 Å². The van der Waals surface area contributed by atoms with E-state index in [9.17, 15) is 4.79 Å². The summed E-state index contributed by atoms with van der Waals surface area (Å²) in [5, 5.41) is 0. The van der Waals surface area contributed by atoms with Crippen LogP contribution in [0, 0.1) is 5.41 Å². The van der Waals surface area contributed by atoms with E-state index in [-0.39, 0.29) is 17.5 Å². The van der Waals surface area contributed by atoms with Crippen molar-refractivity contribution < 1.29 is 9.53 Å². The van der Waals surface area contributed by atoms with Gasteiger partial charge in [0.15, 0.2) is 0 Å². The molecule has 0 saturated carbocycles. The van der Waals surface area contributed by atoms with Crippen LogP contribution in [0.25, 0.3) is 0 Å². The van der Waals surface area contributed by atoms with Crippen LogP contribution in [0.5, 0.6) is 0 Å². The Bertz CT molecular complexity index is 411. The predicted octanol–water partition coefficient (Wildman–Crippen LogP) is 4.58. The summed E-state index contributed by atoms with van der Waals surface area (Å²) in [6, 6.07) is 0. The highest BCUT2D eigenvalue weighted by Crippen LogP contribution is 2.26. The van der Waals surface area contributed by atoms with Gasteiger partial charge in [0.05, 0.1) is 0 Å². The van der Waals surface area contributed by atoms with Gasteiger partial charge < -0.3 is 4.74 Å². The van der Waals surface area contributed by atoms with Gasteiger partial charge in [0.1, 0.15) is 6.10 Å². The van der Waals surface area contributed by atoms with Crippen LogP contribution in [0.2, 0.25) is 0 Å². The highest BCUT2D eigenvalue weighted by Gasteiger charge is 2.15. The van der Waals surface area contributed by atoms with Gasteiger partial charge in [-0.15, -0.1) is 0 Å². The molecule has 0 unspecified atom stereocenters. The van der Waals surface area contributed by atoms with Gasteiger partial charge in [0.25, 0.3) is 0 Å². The topological polar surface area (TPSA) is 26.3 Å². The van der Waals surface area contributed by atoms with Crippen LogP contribution in [-0.4, -0.2) is 12.1 Å². The quantitative estimate of drug-likeness (QED) is 0.511. The Kier molecular flexibility index (Phi) is 5.59. The number of carbonyl (C=O) groups excluding carboxylic acids is 1. The number of ether oxygens (including phenoxy) is 1. The van der Waals surface area contributed by atoms with Gasteiger partial charge in [-0.25, -0.2) is 0 Å². The van der Waals surface area contributed by atoms with Crippen LogP contribution < -0.4 is 0 Å². The van der Waals surface area contributed by atoms with E-state index in [2.05, 4.69) is 52.0 Å². The van der Waals surface area contributed by atoms with E-state index >= 15 is 0 Å². The molecule has 1 atom stereocenters. The van der Waals surface area contributed by atoms with Gasteiger partial charge in [-0.3, -0.25) is 4.79 Å². The highest BCUT2D eigenvalue weighted by atomic mass is 16.5. The summed E-state index contributed by atoms with van der Waals surface area (Å²) in [7, 11) is 0. The van der Waals surface area contributed by atoms with Crippen LogP contribution >= 0.6 is 0 Å². The van der Waals surface area contributed by atoms with E-state index in [1.807, 2.05) is 0 Å². The monoisotopic (exact) mass is 262 g/mol. The molecular weight excluding hydrogens is 236 g/mol. The Morgan fingerprint density at radius 2 is 2.00 bits per heavy atom. The molecule has 0 aromatic rings. The first-order valence-corrected chi connectivity index (χ1v) is 6.96. The zero-order valence-electron chi connectivity index (χ0n) is 12.8. The molecule has 0 amide bonds. The molecule has 0 heterocycles. The fraction of sp³-hybridized carbons (Fsp3) is 0.588. The summed E-state index contributed by atoms with van der Waals surface area (Å²) in [6.07, 6.45) is 11.4. The van der Waals surface area contributed by atoms with Gasteiger partial charge in [-0.05, 0) is 38.2 Å². The maximum Gasteiger partial charge on any atom is 0.303 e. The zero-order chi connectivity index (χ0) is 14.5. The number of esters is 1. The van der Waals surface area contributed by atoms with Crippen LogP contribution in [0.15, 0.2) is 35.5 Å². The average molecular weight is 262 g/mol. The van der Waals surface area contributed by atoms with Gasteiger partial charge in [0, 0.05) is 13.3 Å². The molecule has 0 aromatic carbocycles. The molecule has 0 fully saturated rings. The zero-order valence-corrected chi connectivity index (χ0v) is 12.8. The minimum absolute atomic E-state index is 0.136. The van der Waals surface area contributed by atoms with Gasteiger partial charge in [-0.2, -0.15) is 0 Å². The molecule has 1 aliphatic rings. The van der Waals surface area contributed by atoms with Crippen molar-refractivity contribution in [3.63, 3.8) is 0 Å². The Morgan fingerprint density at radius 3 is 2.63 bits per heavy atom. The lowest BCUT2D eigenvalue weighted by Gasteiger charge is -2.18. The Hall–Kier alpha value is -1.31. The summed E-state index contributed by atoms with van der Waals surface area (Å²) >= 11 is 0. The third-order valence-corrected chi connectivity index (χ3v) is 3.30. The summed E-state index contributed by atoms with van der Waals surface area (Å²) in [4.78, 5) is 11.2. The number of allylic oxidation sites excluding steroid dienone is 4. The Morgan fingerprint density at radius 1 is 1.32 bits per heavy atom. The van der Waals surface area contributed by atoms with Gasteiger partial charge in [-0.1, -0.05) is 43.2 Å². The first-order valence-electron chi connectivity index (χ1n) is 6.96. The normalized spacial score (nSPS) is 31.1. The van der Waals surface area contributed by atoms with E-state index < -0.39 is 0 Å². The lowest BCUT2D eigenvalue weighted by atomic mass is 9.87. The molecule has 0 aromatic heterocycles. The lowest BCUT2D eigenvalue weighted by molar-refractivity contribution is -0.144. The molecule has 2 nitrogen and oxygen atoms in total. The predicted molar refractivity (Wildman–Crippen MR) is 79.8 cm³/mol. The highest BCUT2D eigenvalue weighted by molar-refractivity contribution is 5.66. The minimum atomic E-state index is -0.215. The fourth-order valence-corrected chi connectivity index (χ4v) is 2.20. The molecule has 106 valence electrons. The molecule has 0 bridgehead atoms. The molecular formula is C17H26O2. The molecule has 1 aliphatic carbocycles. The van der Waals surface area contributed by atoms with E-state index in [0.29, 0.717) is 0 Å². The standard InChI is InChI=1S/C17H26O2/c1-13-7-6-9-17(4,5)10-8-14(2)12-16(11-13)19-15(3)18/h6,8-9,11,16H,7,10,12H2,1-5H3/b9-6-,13-11-,14-8-/t16-/m0/s1. The second-order valence-electron chi connectivity index (χ2n) is 6.21. The van der Waals surface area contributed by atoms with Crippen LogP contribution in [0.3, 0.4) is 0 Å². The van der Waals surface area contributed by atoms with E-state index in [1.54, 1.807) is 0 Å². The molecule has 1 rings (SSSR count). The second kappa shape index (κ2) is 6.74. The van der Waals surface area contributed by atoms with Crippen molar-refractivity contribution in [3.8, 4) is 0 Å². The summed E-state index contributed by atoms with van der Waals surface area (Å²) < 4.78 is 5.38. The number of rotatable bonds is 1. The van der Waals surface area contributed by atoms with E-state index in [4.69, 9.17) is 4.74 Å². The van der Waals surface area contributed by atoms with Crippen molar-refractivity contribution in [1.29, 1.82) is 0 Å². The van der Waals surface area contributed by atoms with Crippen LogP contribution in [0.1, 0.15) is 53.9 Å². The van der Waals surface area contributed by atoms with Crippen LogP contribution in [0.4, 0.5) is 0 Å². The maximum atomic E-state index is 11.2. The number of hydrogen-bond acceptors (Lipinski definition) is 2. The third-order valence-electron chi connectivity index (χ3n) is 3.30. The molecule has 0 radical (unpaired) electrons.